The Bertz CT molecular complexity index is 1500. The van der Waals surface area contributed by atoms with Crippen molar-refractivity contribution in [3.63, 3.8) is 0 Å². The second-order valence-electron chi connectivity index (χ2n) is 7.86. The molecule has 0 saturated carbocycles. The molecule has 13 heteroatoms. The summed E-state index contributed by atoms with van der Waals surface area (Å²) in [7, 11) is 0. The number of carbonyl (C=O) groups is 2. The molecule has 0 aliphatic carbocycles. The van der Waals surface area contributed by atoms with Crippen LogP contribution in [0.3, 0.4) is 0 Å². The lowest BCUT2D eigenvalue weighted by atomic mass is 10.1. The van der Waals surface area contributed by atoms with E-state index < -0.39 is 11.8 Å². The number of primary amides is 2. The number of ether oxygens (including phenoxy) is 1. The van der Waals surface area contributed by atoms with E-state index >= 15 is 0 Å². The molecule has 0 aliphatic rings. The molecule has 0 spiro atoms. The van der Waals surface area contributed by atoms with Gasteiger partial charge in [0.05, 0.1) is 24.4 Å². The minimum absolute atomic E-state index is 0.0513. The fraction of sp³-hybridized carbons (Fsp3) is 0.318. The molecule has 0 unspecified atom stereocenters. The van der Waals surface area contributed by atoms with E-state index in [4.69, 9.17) is 16.2 Å². The molecule has 5 N–H and O–H groups in total. The van der Waals surface area contributed by atoms with E-state index in [0.717, 1.165) is 6.42 Å². The number of benzene rings is 1. The number of aromatic nitrogens is 7. The molecule has 0 fully saturated rings. The molecular weight excluding hydrogens is 454 g/mol. The summed E-state index contributed by atoms with van der Waals surface area (Å²) in [5, 5.41) is 12.2. The largest absolute Gasteiger partial charge is 0.493 e. The van der Waals surface area contributed by atoms with Crippen LogP contribution in [0.15, 0.2) is 23.0 Å². The Kier molecular flexibility index (Phi) is 6.32. The third-order valence-corrected chi connectivity index (χ3v) is 5.35. The zero-order valence-electron chi connectivity index (χ0n) is 19.5. The lowest BCUT2D eigenvalue weighted by Crippen LogP contribution is -2.23. The third kappa shape index (κ3) is 4.35. The van der Waals surface area contributed by atoms with Gasteiger partial charge in [0.1, 0.15) is 11.6 Å². The number of H-pyrrole nitrogens is 1. The van der Waals surface area contributed by atoms with E-state index in [0.29, 0.717) is 46.9 Å². The fourth-order valence-electron chi connectivity index (χ4n) is 3.89. The van der Waals surface area contributed by atoms with Gasteiger partial charge in [0.2, 0.25) is 0 Å². The highest BCUT2D eigenvalue weighted by molar-refractivity contribution is 6.03. The van der Waals surface area contributed by atoms with Crippen LogP contribution in [0.25, 0.3) is 16.9 Å². The number of fused-ring (bicyclic) bond motifs is 1. The van der Waals surface area contributed by atoms with Crippen molar-refractivity contribution in [1.29, 1.82) is 0 Å². The summed E-state index contributed by atoms with van der Waals surface area (Å²) in [6.45, 7) is 6.08. The molecule has 0 bridgehead atoms. The van der Waals surface area contributed by atoms with E-state index in [-0.39, 0.29) is 29.3 Å². The lowest BCUT2D eigenvalue weighted by Gasteiger charge is -2.13. The van der Waals surface area contributed by atoms with Gasteiger partial charge in [0.15, 0.2) is 22.7 Å². The minimum Gasteiger partial charge on any atom is -0.493 e. The van der Waals surface area contributed by atoms with Crippen molar-refractivity contribution in [2.75, 3.05) is 6.61 Å². The molecular formula is C22H25N9O4. The van der Waals surface area contributed by atoms with Crippen molar-refractivity contribution in [3.8, 4) is 17.1 Å². The molecule has 3 heterocycles. The van der Waals surface area contributed by atoms with Gasteiger partial charge in [0.25, 0.3) is 17.4 Å². The Morgan fingerprint density at radius 2 is 1.94 bits per heavy atom. The van der Waals surface area contributed by atoms with E-state index in [1.54, 1.807) is 29.6 Å². The summed E-state index contributed by atoms with van der Waals surface area (Å²) in [5.74, 6) is -0.321. The van der Waals surface area contributed by atoms with Gasteiger partial charge in [-0.1, -0.05) is 18.2 Å². The monoisotopic (exact) mass is 479 g/mol. The number of nitrogens with two attached hydrogens (primary N) is 2. The Morgan fingerprint density at radius 3 is 2.60 bits per heavy atom. The zero-order valence-corrected chi connectivity index (χ0v) is 19.5. The van der Waals surface area contributed by atoms with E-state index in [1.165, 1.54) is 4.68 Å². The highest BCUT2D eigenvalue weighted by Crippen LogP contribution is 2.29. The average Bonchev–Trinajstić information content (AvgIpc) is 3.36. The quantitative estimate of drug-likeness (QED) is 0.310. The molecule has 182 valence electrons. The first-order chi connectivity index (χ1) is 16.7. The van der Waals surface area contributed by atoms with E-state index in [2.05, 4.69) is 25.4 Å². The second kappa shape index (κ2) is 9.37. The highest BCUT2D eigenvalue weighted by atomic mass is 16.5. The standard InChI is InChI=1S/C22H25N9O4/c1-4-6-15-25-11(3)17-22(34)26-21(28-31(15)17)13-9-12(7-8-14(13)35-5-2)10-30-18(20(24)33)16(19(23)32)27-29-30/h7-9H,4-6,10H2,1-3H3,(H2,23,32)(H2,24,33)(H,26,28,34). The van der Waals surface area contributed by atoms with Gasteiger partial charge in [-0.3, -0.25) is 14.4 Å². The predicted molar refractivity (Wildman–Crippen MR) is 125 cm³/mol. The van der Waals surface area contributed by atoms with Crippen molar-refractivity contribution in [2.45, 2.75) is 40.2 Å². The maximum Gasteiger partial charge on any atom is 0.277 e. The smallest absolute Gasteiger partial charge is 0.277 e. The molecule has 0 radical (unpaired) electrons. The molecule has 0 saturated heterocycles. The average molecular weight is 480 g/mol. The molecule has 0 atom stereocenters. The number of rotatable bonds is 9. The third-order valence-electron chi connectivity index (χ3n) is 5.35. The van der Waals surface area contributed by atoms with Crippen LogP contribution in [-0.2, 0) is 13.0 Å². The SMILES string of the molecule is CCCc1nc(C)c2c(=O)[nH]c(-c3cc(Cn4nnc(C(N)=O)c4C(N)=O)ccc3OCC)nn12. The van der Waals surface area contributed by atoms with Crippen molar-refractivity contribution in [2.24, 2.45) is 11.5 Å². The van der Waals surface area contributed by atoms with Crippen LogP contribution in [0.1, 0.15) is 58.3 Å². The number of aromatic amines is 1. The first-order valence-electron chi connectivity index (χ1n) is 11.0. The number of hydrogen-bond donors (Lipinski definition) is 3. The minimum atomic E-state index is -0.911. The van der Waals surface area contributed by atoms with Crippen molar-refractivity contribution in [1.82, 2.24) is 34.6 Å². The van der Waals surface area contributed by atoms with Crippen LogP contribution >= 0.6 is 0 Å². The van der Waals surface area contributed by atoms with Crippen molar-refractivity contribution in [3.05, 3.63) is 57.0 Å². The van der Waals surface area contributed by atoms with Crippen LogP contribution in [0, 0.1) is 6.92 Å². The summed E-state index contributed by atoms with van der Waals surface area (Å²) < 4.78 is 8.53. The topological polar surface area (TPSA) is 189 Å². The number of amides is 2. The van der Waals surface area contributed by atoms with Gasteiger partial charge in [-0.15, -0.1) is 10.2 Å². The summed E-state index contributed by atoms with van der Waals surface area (Å²) >= 11 is 0. The lowest BCUT2D eigenvalue weighted by molar-refractivity contribution is 0.0959. The van der Waals surface area contributed by atoms with Crippen molar-refractivity contribution >= 4 is 17.3 Å². The molecule has 13 nitrogen and oxygen atoms in total. The van der Waals surface area contributed by atoms with Gasteiger partial charge in [-0.25, -0.2) is 14.2 Å². The van der Waals surface area contributed by atoms with Gasteiger partial charge in [-0.05, 0) is 38.0 Å². The maximum absolute atomic E-state index is 12.9. The Labute approximate surface area is 199 Å². The predicted octanol–water partition coefficient (Wildman–Crippen LogP) is 0.582. The number of imidazole rings is 1. The number of nitrogens with one attached hydrogen (secondary N) is 1. The molecule has 4 rings (SSSR count). The number of hydrogen-bond acceptors (Lipinski definition) is 8. The van der Waals surface area contributed by atoms with Crippen LogP contribution < -0.4 is 21.8 Å². The molecule has 4 aromatic rings. The highest BCUT2D eigenvalue weighted by Gasteiger charge is 2.23. The molecule has 35 heavy (non-hydrogen) atoms. The zero-order chi connectivity index (χ0) is 25.3. The molecule has 1 aromatic carbocycles. The van der Waals surface area contributed by atoms with Crippen LogP contribution in [0.5, 0.6) is 5.75 Å². The molecule has 0 aliphatic heterocycles. The van der Waals surface area contributed by atoms with Crippen LogP contribution in [-0.4, -0.2) is 53.0 Å². The Hall–Kier alpha value is -4.55. The van der Waals surface area contributed by atoms with Crippen LogP contribution in [0.4, 0.5) is 0 Å². The normalized spacial score (nSPS) is 11.2. The molecule has 2 amide bonds. The number of aryl methyl sites for hydroxylation is 2. The van der Waals surface area contributed by atoms with Gasteiger partial charge in [0, 0.05) is 6.42 Å². The number of carbonyl (C=O) groups excluding carboxylic acids is 2. The van der Waals surface area contributed by atoms with Gasteiger partial charge < -0.3 is 21.2 Å². The van der Waals surface area contributed by atoms with Gasteiger partial charge in [-0.2, -0.15) is 0 Å². The Balaban J connectivity index is 1.84. The summed E-state index contributed by atoms with van der Waals surface area (Å²) in [5.41, 5.74) is 12.0. The second-order valence-corrected chi connectivity index (χ2v) is 7.86. The summed E-state index contributed by atoms with van der Waals surface area (Å²) in [6.07, 6.45) is 1.50. The van der Waals surface area contributed by atoms with Crippen molar-refractivity contribution < 1.29 is 14.3 Å². The van der Waals surface area contributed by atoms with E-state index in [9.17, 15) is 14.4 Å². The van der Waals surface area contributed by atoms with Crippen LogP contribution in [0.2, 0.25) is 0 Å². The fourth-order valence-corrected chi connectivity index (χ4v) is 3.89. The van der Waals surface area contributed by atoms with E-state index in [1.807, 2.05) is 13.8 Å². The maximum atomic E-state index is 12.9. The first-order valence-corrected chi connectivity index (χ1v) is 11.0. The number of nitrogens with zero attached hydrogens (tertiary/aromatic N) is 6. The molecule has 3 aromatic heterocycles. The van der Waals surface area contributed by atoms with Gasteiger partial charge >= 0.3 is 0 Å². The summed E-state index contributed by atoms with van der Waals surface area (Å²) in [6, 6.07) is 5.22. The Morgan fingerprint density at radius 1 is 1.17 bits per heavy atom. The first kappa shape index (κ1) is 23.6. The summed E-state index contributed by atoms with van der Waals surface area (Å²) in [4.78, 5) is 43.8.